The summed E-state index contributed by atoms with van der Waals surface area (Å²) in [4.78, 5) is 0. The van der Waals surface area contributed by atoms with Crippen LogP contribution >= 0.6 is 0 Å². The Morgan fingerprint density at radius 3 is 1.86 bits per heavy atom. The average Bonchev–Trinajstić information content (AvgIpc) is 1.69. The fraction of sp³-hybridized carbons (Fsp3) is 0.333. The van der Waals surface area contributed by atoms with Crippen LogP contribution in [0.2, 0.25) is 0 Å². The minimum Gasteiger partial charge on any atom is -0.310 e. The van der Waals surface area contributed by atoms with Gasteiger partial charge in [-0.05, 0) is 0 Å². The zero-order chi connectivity index (χ0) is 5.54. The lowest BCUT2D eigenvalue weighted by Crippen LogP contribution is -2.11. The van der Waals surface area contributed by atoms with Crippen LogP contribution in [0.25, 0.3) is 0 Å². The Morgan fingerprint density at radius 1 is 1.14 bits per heavy atom. The van der Waals surface area contributed by atoms with Gasteiger partial charge in [0.25, 0.3) is 0 Å². The first-order valence-corrected chi connectivity index (χ1v) is 2.34. The van der Waals surface area contributed by atoms with Crippen LogP contribution in [0.15, 0.2) is 25.3 Å². The zero-order valence-electron chi connectivity index (χ0n) is 4.48. The maximum Gasteiger partial charge on any atom is 0.0135 e. The molecule has 0 aliphatic heterocycles. The summed E-state index contributed by atoms with van der Waals surface area (Å²) in [6.45, 7) is 8.81. The molecule has 0 fully saturated rings. The summed E-state index contributed by atoms with van der Waals surface area (Å²) < 4.78 is 0. The average molecular weight is 99.1 g/mol. The number of nitrogens with one attached hydrogen (secondary N) is 1. The molecule has 0 unspecified atom stereocenters. The fourth-order valence-electron chi connectivity index (χ4n) is 0.287. The van der Waals surface area contributed by atoms with Crippen molar-refractivity contribution in [2.45, 2.75) is 0 Å². The summed E-state index contributed by atoms with van der Waals surface area (Å²) in [5.74, 6) is 0. The molecule has 1 N–H and O–H groups in total. The molecule has 0 atom stereocenters. The van der Waals surface area contributed by atoms with E-state index in [2.05, 4.69) is 18.5 Å². The van der Waals surface area contributed by atoms with Crippen molar-refractivity contribution in [3.8, 4) is 0 Å². The first-order chi connectivity index (χ1) is 3.41. The van der Waals surface area contributed by atoms with Crippen molar-refractivity contribution in [2.75, 3.05) is 13.1 Å². The van der Waals surface area contributed by atoms with Crippen molar-refractivity contribution < 1.29 is 0 Å². The highest BCUT2D eigenvalue weighted by molar-refractivity contribution is 4.75. The van der Waals surface area contributed by atoms with Gasteiger partial charge in [-0.1, -0.05) is 12.2 Å². The van der Waals surface area contributed by atoms with E-state index in [1.54, 1.807) is 0 Å². The van der Waals surface area contributed by atoms with Gasteiger partial charge in [-0.15, -0.1) is 13.2 Å². The Balaban J connectivity index is 2.68. The molecule has 0 aromatic rings. The second-order valence-corrected chi connectivity index (χ2v) is 1.24. The predicted octanol–water partition coefficient (Wildman–Crippen LogP) is 0.948. The lowest BCUT2D eigenvalue weighted by Gasteiger charge is -1.90. The van der Waals surface area contributed by atoms with Crippen molar-refractivity contribution in [3.05, 3.63) is 25.3 Å². The van der Waals surface area contributed by atoms with E-state index in [1.165, 1.54) is 0 Å². The highest BCUT2D eigenvalue weighted by Crippen LogP contribution is 1.59. The Hall–Kier alpha value is -0.560. The van der Waals surface area contributed by atoms with Gasteiger partial charge in [0, 0.05) is 13.1 Å². The van der Waals surface area contributed by atoms with E-state index in [0.717, 1.165) is 13.1 Å². The largest absolute Gasteiger partial charge is 0.310 e. The van der Waals surface area contributed by atoms with Gasteiger partial charge >= 0.3 is 0 Å². The number of hydrogen-bond acceptors (Lipinski definition) is 1. The molecule has 0 saturated heterocycles. The van der Waals surface area contributed by atoms with E-state index < -0.39 is 0 Å². The Bertz CT molecular complexity index is 49.2. The quantitative estimate of drug-likeness (QED) is 0.314. The fourth-order valence-corrected chi connectivity index (χ4v) is 0.287. The van der Waals surface area contributed by atoms with Crippen LogP contribution in [0.1, 0.15) is 0 Å². The topological polar surface area (TPSA) is 12.0 Å². The van der Waals surface area contributed by atoms with Gasteiger partial charge in [0.05, 0.1) is 0 Å². The van der Waals surface area contributed by atoms with Crippen LogP contribution in [0.4, 0.5) is 0 Å². The molecule has 0 rings (SSSR count). The van der Waals surface area contributed by atoms with E-state index in [4.69, 9.17) is 0 Å². The van der Waals surface area contributed by atoms with E-state index in [-0.39, 0.29) is 0 Å². The molecular weight excluding hydrogens is 88.1 g/mol. The van der Waals surface area contributed by atoms with Crippen molar-refractivity contribution in [1.29, 1.82) is 0 Å². The van der Waals surface area contributed by atoms with Crippen LogP contribution in [-0.2, 0) is 0 Å². The van der Waals surface area contributed by atoms with E-state index in [9.17, 15) is 0 Å². The maximum atomic E-state index is 3.54. The van der Waals surface area contributed by atoms with Crippen LogP contribution in [-0.4, -0.2) is 13.1 Å². The minimum absolute atomic E-state index is 0.867. The standard InChI is InChI=1S/C6H11N/c1-3-5-7-6-4-2/h3-4,7H,1-2,5-6H2/i5+1,6+1. The van der Waals surface area contributed by atoms with Gasteiger partial charge in [-0.25, -0.2) is 0 Å². The number of rotatable bonds is 4. The van der Waals surface area contributed by atoms with Gasteiger partial charge in [0.2, 0.25) is 0 Å². The third-order valence-corrected chi connectivity index (χ3v) is 0.577. The summed E-state index contributed by atoms with van der Waals surface area (Å²) in [6.07, 6.45) is 3.65. The predicted molar refractivity (Wildman–Crippen MR) is 33.3 cm³/mol. The SMILES string of the molecule is C=C[13CH2]N[13CH2]C=C. The molecule has 0 amide bonds. The van der Waals surface area contributed by atoms with E-state index in [0.29, 0.717) is 0 Å². The highest BCUT2D eigenvalue weighted by atomic mass is 15.1. The molecule has 0 aliphatic carbocycles. The van der Waals surface area contributed by atoms with Crippen LogP contribution < -0.4 is 5.32 Å². The molecule has 0 radical (unpaired) electrons. The lowest BCUT2D eigenvalue weighted by molar-refractivity contribution is 0.845. The van der Waals surface area contributed by atoms with Gasteiger partial charge in [-0.2, -0.15) is 0 Å². The Labute approximate surface area is 44.7 Å². The number of hydrogen-bond donors (Lipinski definition) is 1. The molecule has 0 heterocycles. The van der Waals surface area contributed by atoms with Crippen molar-refractivity contribution >= 4 is 0 Å². The summed E-state index contributed by atoms with van der Waals surface area (Å²) in [5, 5.41) is 3.05. The van der Waals surface area contributed by atoms with Crippen LogP contribution in [0.5, 0.6) is 0 Å². The monoisotopic (exact) mass is 99.1 g/mol. The summed E-state index contributed by atoms with van der Waals surface area (Å²) in [6, 6.07) is 0. The van der Waals surface area contributed by atoms with Gasteiger partial charge in [-0.3, -0.25) is 0 Å². The molecule has 1 heteroatoms. The lowest BCUT2D eigenvalue weighted by atomic mass is 10.9. The molecule has 0 spiro atoms. The second-order valence-electron chi connectivity index (χ2n) is 1.24. The zero-order valence-corrected chi connectivity index (χ0v) is 4.48. The summed E-state index contributed by atoms with van der Waals surface area (Å²) in [7, 11) is 0. The first-order valence-electron chi connectivity index (χ1n) is 2.34. The van der Waals surface area contributed by atoms with Crippen molar-refractivity contribution in [1.82, 2.24) is 5.32 Å². The molecule has 0 aliphatic rings. The maximum absolute atomic E-state index is 3.54. The normalized spacial score (nSPS) is 8.00. The van der Waals surface area contributed by atoms with Crippen LogP contribution in [0.3, 0.4) is 0 Å². The third kappa shape index (κ3) is 5.44. The van der Waals surface area contributed by atoms with Crippen molar-refractivity contribution in [2.24, 2.45) is 0 Å². The molecular formula is C6H11N. The van der Waals surface area contributed by atoms with Gasteiger partial charge in [0.1, 0.15) is 0 Å². The third-order valence-electron chi connectivity index (χ3n) is 0.577. The highest BCUT2D eigenvalue weighted by Gasteiger charge is 1.69. The molecule has 0 bridgehead atoms. The molecule has 0 aromatic heterocycles. The van der Waals surface area contributed by atoms with Gasteiger partial charge < -0.3 is 5.32 Å². The Kier molecular flexibility index (Phi) is 5.00. The smallest absolute Gasteiger partial charge is 0.0135 e. The summed E-state index contributed by atoms with van der Waals surface area (Å²) >= 11 is 0. The summed E-state index contributed by atoms with van der Waals surface area (Å²) in [5.41, 5.74) is 0. The molecule has 1 nitrogen and oxygen atoms in total. The van der Waals surface area contributed by atoms with E-state index >= 15 is 0 Å². The molecule has 7 heavy (non-hydrogen) atoms. The molecule has 40 valence electrons. The van der Waals surface area contributed by atoms with Crippen LogP contribution in [0, 0.1) is 0 Å². The first kappa shape index (κ1) is 6.44. The molecule has 0 saturated carbocycles. The van der Waals surface area contributed by atoms with Gasteiger partial charge in [0.15, 0.2) is 0 Å². The van der Waals surface area contributed by atoms with Crippen molar-refractivity contribution in [3.63, 3.8) is 0 Å². The van der Waals surface area contributed by atoms with E-state index in [1.807, 2.05) is 12.2 Å². The molecule has 0 aromatic carbocycles. The second kappa shape index (κ2) is 5.44. The minimum atomic E-state index is 0.867. The Morgan fingerprint density at radius 2 is 1.57 bits per heavy atom.